The lowest BCUT2D eigenvalue weighted by Crippen LogP contribution is -2.20. The van der Waals surface area contributed by atoms with Crippen LogP contribution in [-0.2, 0) is 6.42 Å². The molecule has 2 aromatic carbocycles. The molecule has 0 saturated heterocycles. The Balaban J connectivity index is 1.82. The molecule has 7 heteroatoms. The van der Waals surface area contributed by atoms with Crippen LogP contribution in [0.1, 0.15) is 24.0 Å². The molecule has 0 aliphatic carbocycles. The fraction of sp³-hybridized carbons (Fsp3) is 0.143. The predicted octanol–water partition coefficient (Wildman–Crippen LogP) is 3.04. The largest absolute Gasteiger partial charge is 0.493 e. The molecule has 2 aromatic heterocycles. The van der Waals surface area contributed by atoms with Gasteiger partial charge in [0.15, 0.2) is 0 Å². The van der Waals surface area contributed by atoms with Crippen molar-refractivity contribution >= 4 is 17.1 Å². The fourth-order valence-corrected chi connectivity index (χ4v) is 3.09. The number of rotatable bonds is 4. The monoisotopic (exact) mass is 373 g/mol. The van der Waals surface area contributed by atoms with Gasteiger partial charge < -0.3 is 5.11 Å². The van der Waals surface area contributed by atoms with E-state index in [2.05, 4.69) is 15.2 Å². The highest BCUT2D eigenvalue weighted by Gasteiger charge is 2.16. The number of aromatic hydroxyl groups is 1. The molecule has 0 atom stereocenters. The second-order valence-electron chi connectivity index (χ2n) is 6.32. The first-order valence-electron chi connectivity index (χ1n) is 8.99. The summed E-state index contributed by atoms with van der Waals surface area (Å²) < 4.78 is 2.70. The van der Waals surface area contributed by atoms with Crippen LogP contribution < -0.4 is 5.56 Å². The van der Waals surface area contributed by atoms with Gasteiger partial charge in [-0.25, -0.2) is 9.67 Å². The molecule has 2 heterocycles. The molecule has 140 valence electrons. The summed E-state index contributed by atoms with van der Waals surface area (Å²) >= 11 is 0. The van der Waals surface area contributed by atoms with Gasteiger partial charge >= 0.3 is 0 Å². The number of hydrogen-bond donors (Lipinski definition) is 1. The smallest absolute Gasteiger partial charge is 0.282 e. The maximum Gasteiger partial charge on any atom is 0.282 e. The molecular weight excluding hydrogens is 354 g/mol. The molecule has 4 aromatic rings. The van der Waals surface area contributed by atoms with Gasteiger partial charge in [0.05, 0.1) is 34.1 Å². The van der Waals surface area contributed by atoms with Crippen molar-refractivity contribution in [1.29, 1.82) is 0 Å². The van der Waals surface area contributed by atoms with Crippen molar-refractivity contribution < 1.29 is 5.11 Å². The molecule has 0 saturated carbocycles. The molecule has 28 heavy (non-hydrogen) atoms. The minimum Gasteiger partial charge on any atom is -0.493 e. The van der Waals surface area contributed by atoms with Gasteiger partial charge in [0.1, 0.15) is 5.82 Å². The van der Waals surface area contributed by atoms with Gasteiger partial charge in [0.2, 0.25) is 5.88 Å². The Labute approximate surface area is 161 Å². The summed E-state index contributed by atoms with van der Waals surface area (Å²) in [5.41, 5.74) is 2.28. The third kappa shape index (κ3) is 2.96. The van der Waals surface area contributed by atoms with Crippen LogP contribution >= 0.6 is 0 Å². The van der Waals surface area contributed by atoms with E-state index in [4.69, 9.17) is 0 Å². The third-order valence-corrected chi connectivity index (χ3v) is 4.53. The van der Waals surface area contributed by atoms with Crippen LogP contribution in [0.2, 0.25) is 0 Å². The zero-order chi connectivity index (χ0) is 19.7. The Bertz CT molecular complexity index is 1240. The van der Waals surface area contributed by atoms with Gasteiger partial charge in [-0.05, 0) is 37.6 Å². The van der Waals surface area contributed by atoms with E-state index >= 15 is 0 Å². The minimum atomic E-state index is -0.257. The van der Waals surface area contributed by atoms with Gasteiger partial charge in [0.25, 0.3) is 5.56 Å². The standard InChI is InChI=1S/C21H19N5O2/c1-3-18-17(21(28)26(24-18)15-9-5-4-6-10-15)13-22-25-14(2)23-19-12-8-7-11-16(19)20(25)27/h4-13,28H,3H2,1-2H3/b22-13+. The molecule has 0 spiro atoms. The SMILES string of the molecule is CCc1nn(-c2ccccc2)c(O)c1/C=N/n1c(C)nc2ccccc2c1=O. The number of aromatic nitrogens is 4. The predicted molar refractivity (Wildman–Crippen MR) is 108 cm³/mol. The quantitative estimate of drug-likeness (QED) is 0.557. The first kappa shape index (κ1) is 17.7. The van der Waals surface area contributed by atoms with Gasteiger partial charge in [-0.15, -0.1) is 0 Å². The Hall–Kier alpha value is -3.74. The van der Waals surface area contributed by atoms with Gasteiger partial charge in [-0.2, -0.15) is 14.9 Å². The summed E-state index contributed by atoms with van der Waals surface area (Å²) in [7, 11) is 0. The second-order valence-corrected chi connectivity index (χ2v) is 6.32. The van der Waals surface area contributed by atoms with Crippen molar-refractivity contribution in [1.82, 2.24) is 19.4 Å². The molecule has 0 aliphatic heterocycles. The van der Waals surface area contributed by atoms with Gasteiger partial charge in [0, 0.05) is 0 Å². The Morgan fingerprint density at radius 2 is 1.82 bits per heavy atom. The molecular formula is C21H19N5O2. The third-order valence-electron chi connectivity index (χ3n) is 4.53. The molecule has 0 unspecified atom stereocenters. The summed E-state index contributed by atoms with van der Waals surface area (Å²) in [5, 5.41) is 20.0. The van der Waals surface area contributed by atoms with E-state index in [1.54, 1.807) is 25.1 Å². The first-order chi connectivity index (χ1) is 13.6. The van der Waals surface area contributed by atoms with E-state index in [1.807, 2.05) is 43.3 Å². The lowest BCUT2D eigenvalue weighted by atomic mass is 10.2. The second kappa shape index (κ2) is 7.11. The van der Waals surface area contributed by atoms with Crippen LogP contribution in [0.25, 0.3) is 16.6 Å². The van der Waals surface area contributed by atoms with Crippen LogP contribution in [0.3, 0.4) is 0 Å². The molecule has 4 rings (SSSR count). The van der Waals surface area contributed by atoms with Crippen molar-refractivity contribution in [3.8, 4) is 11.6 Å². The summed E-state index contributed by atoms with van der Waals surface area (Å²) in [5.74, 6) is 0.444. The number of aryl methyl sites for hydroxylation is 2. The van der Waals surface area contributed by atoms with Crippen molar-refractivity contribution in [2.45, 2.75) is 20.3 Å². The average molecular weight is 373 g/mol. The van der Waals surface area contributed by atoms with E-state index in [0.717, 1.165) is 5.69 Å². The van der Waals surface area contributed by atoms with Crippen molar-refractivity contribution in [2.24, 2.45) is 5.10 Å². The number of fused-ring (bicyclic) bond motifs is 1. The highest BCUT2D eigenvalue weighted by Crippen LogP contribution is 2.24. The topological polar surface area (TPSA) is 85.3 Å². The fourth-order valence-electron chi connectivity index (χ4n) is 3.09. The average Bonchev–Trinajstić information content (AvgIpc) is 3.04. The van der Waals surface area contributed by atoms with Crippen molar-refractivity contribution in [2.75, 3.05) is 0 Å². The van der Waals surface area contributed by atoms with Crippen LogP contribution in [-0.4, -0.2) is 30.8 Å². The highest BCUT2D eigenvalue weighted by atomic mass is 16.3. The molecule has 0 amide bonds. The zero-order valence-electron chi connectivity index (χ0n) is 15.6. The van der Waals surface area contributed by atoms with E-state index in [-0.39, 0.29) is 11.4 Å². The van der Waals surface area contributed by atoms with E-state index in [1.165, 1.54) is 15.6 Å². The summed E-state index contributed by atoms with van der Waals surface area (Å²) in [6, 6.07) is 16.5. The highest BCUT2D eigenvalue weighted by molar-refractivity contribution is 5.85. The van der Waals surface area contributed by atoms with E-state index < -0.39 is 0 Å². The Morgan fingerprint density at radius 3 is 2.57 bits per heavy atom. The van der Waals surface area contributed by atoms with Crippen molar-refractivity contribution in [3.05, 3.63) is 82.0 Å². The Morgan fingerprint density at radius 1 is 1.11 bits per heavy atom. The van der Waals surface area contributed by atoms with Crippen LogP contribution in [0.5, 0.6) is 5.88 Å². The normalized spacial score (nSPS) is 11.5. The van der Waals surface area contributed by atoms with Crippen LogP contribution in [0, 0.1) is 6.92 Å². The van der Waals surface area contributed by atoms with Crippen LogP contribution in [0.4, 0.5) is 0 Å². The maximum atomic E-state index is 12.8. The van der Waals surface area contributed by atoms with Crippen LogP contribution in [0.15, 0.2) is 64.5 Å². The molecule has 1 N–H and O–H groups in total. The van der Waals surface area contributed by atoms with Crippen molar-refractivity contribution in [3.63, 3.8) is 0 Å². The lowest BCUT2D eigenvalue weighted by molar-refractivity contribution is 0.433. The summed E-state index contributed by atoms with van der Waals surface area (Å²) in [6.45, 7) is 3.67. The summed E-state index contributed by atoms with van der Waals surface area (Å²) in [6.07, 6.45) is 2.07. The summed E-state index contributed by atoms with van der Waals surface area (Å²) in [4.78, 5) is 17.2. The maximum absolute atomic E-state index is 12.8. The van der Waals surface area contributed by atoms with E-state index in [0.29, 0.717) is 34.4 Å². The lowest BCUT2D eigenvalue weighted by Gasteiger charge is -2.05. The number of para-hydroxylation sites is 2. The first-order valence-corrected chi connectivity index (χ1v) is 8.99. The van der Waals surface area contributed by atoms with E-state index in [9.17, 15) is 9.90 Å². The number of hydrogen-bond acceptors (Lipinski definition) is 5. The van der Waals surface area contributed by atoms with Gasteiger partial charge in [-0.1, -0.05) is 37.3 Å². The molecule has 0 fully saturated rings. The molecule has 7 nitrogen and oxygen atoms in total. The zero-order valence-corrected chi connectivity index (χ0v) is 15.6. The molecule has 0 radical (unpaired) electrons. The molecule has 0 bridgehead atoms. The van der Waals surface area contributed by atoms with Gasteiger partial charge in [-0.3, -0.25) is 4.79 Å². The number of nitrogens with zero attached hydrogens (tertiary/aromatic N) is 5. The molecule has 0 aliphatic rings. The number of benzene rings is 2. The Kier molecular flexibility index (Phi) is 4.49. The minimum absolute atomic E-state index is 0.0220.